The van der Waals surface area contributed by atoms with Crippen molar-refractivity contribution in [3.63, 3.8) is 0 Å². The number of benzene rings is 2. The van der Waals surface area contributed by atoms with Crippen molar-refractivity contribution in [1.82, 2.24) is 5.32 Å². The molecule has 2 aromatic rings. The summed E-state index contributed by atoms with van der Waals surface area (Å²) in [6.07, 6.45) is 2.60. The van der Waals surface area contributed by atoms with Crippen molar-refractivity contribution in [3.05, 3.63) is 65.2 Å². The largest absolute Gasteiger partial charge is 1.00 e. The number of rotatable bonds is 9. The normalized spacial score (nSPS) is 19.2. The summed E-state index contributed by atoms with van der Waals surface area (Å²) >= 11 is 0. The van der Waals surface area contributed by atoms with Crippen LogP contribution >= 0.6 is 0 Å². The monoisotopic (exact) mass is 545 g/mol. The van der Waals surface area contributed by atoms with E-state index in [2.05, 4.69) is 22.8 Å². The molecule has 8 heteroatoms. The third-order valence-corrected chi connectivity index (χ3v) is 6.50. The highest BCUT2D eigenvalue weighted by Crippen LogP contribution is 2.28. The summed E-state index contributed by atoms with van der Waals surface area (Å²) in [7, 11) is 1.33. The van der Waals surface area contributed by atoms with E-state index in [0.29, 0.717) is 35.4 Å². The van der Waals surface area contributed by atoms with Crippen LogP contribution in [0.15, 0.2) is 48.5 Å². The topological polar surface area (TPSA) is 84.5 Å². The van der Waals surface area contributed by atoms with Gasteiger partial charge in [-0.25, -0.2) is 4.79 Å². The van der Waals surface area contributed by atoms with E-state index in [9.17, 15) is 14.4 Å². The van der Waals surface area contributed by atoms with Crippen molar-refractivity contribution in [3.8, 4) is 0 Å². The molecule has 0 aromatic heterocycles. The van der Waals surface area contributed by atoms with Crippen LogP contribution < -0.4 is 27.6 Å². The molecule has 0 saturated carbocycles. The van der Waals surface area contributed by atoms with Crippen LogP contribution in [0.1, 0.15) is 47.7 Å². The number of halogens is 1. The Hall–Kier alpha value is -2.71. The van der Waals surface area contributed by atoms with Crippen molar-refractivity contribution in [1.29, 1.82) is 0 Å². The van der Waals surface area contributed by atoms with Gasteiger partial charge in [0.2, 0.25) is 5.91 Å². The summed E-state index contributed by atoms with van der Waals surface area (Å²) < 4.78 is 5.40. The molecule has 1 fully saturated rings. The highest BCUT2D eigenvalue weighted by molar-refractivity contribution is 6.02. The Morgan fingerprint density at radius 1 is 1.09 bits per heavy atom. The van der Waals surface area contributed by atoms with Crippen molar-refractivity contribution in [2.45, 2.75) is 39.7 Å². The molecular weight excluding hydrogens is 510 g/mol. The molecule has 0 aliphatic carbocycles. The molecular formula is C27H36BrN3O4. The highest BCUT2D eigenvalue weighted by atomic mass is 79.9. The van der Waals surface area contributed by atoms with Gasteiger partial charge in [0.1, 0.15) is 6.54 Å². The lowest BCUT2D eigenvalue weighted by atomic mass is 9.93. The van der Waals surface area contributed by atoms with Gasteiger partial charge in [-0.3, -0.25) is 9.59 Å². The zero-order valence-electron chi connectivity index (χ0n) is 20.8. The van der Waals surface area contributed by atoms with Crippen LogP contribution in [0.3, 0.4) is 0 Å². The Morgan fingerprint density at radius 2 is 1.83 bits per heavy atom. The first-order valence-electron chi connectivity index (χ1n) is 12.0. The second kappa shape index (κ2) is 13.4. The SMILES string of the molecule is CCCNC(=O)C1CCC[N+](CC(=O)Nc2c(C)cccc2C(=O)OC)(Cc2ccccc2)C1.[Br-]. The number of carbonyl (C=O) groups is 3. The molecule has 2 atom stereocenters. The molecule has 2 amide bonds. The van der Waals surface area contributed by atoms with Crippen LogP contribution in [0, 0.1) is 12.8 Å². The van der Waals surface area contributed by atoms with Gasteiger partial charge in [0, 0.05) is 12.1 Å². The van der Waals surface area contributed by atoms with Gasteiger partial charge in [-0.15, -0.1) is 0 Å². The summed E-state index contributed by atoms with van der Waals surface area (Å²) in [5.74, 6) is -0.715. The average Bonchev–Trinajstić information content (AvgIpc) is 2.83. The average molecular weight is 547 g/mol. The number of likely N-dealkylation sites (tertiary alicyclic amines) is 1. The fourth-order valence-corrected chi connectivity index (χ4v) is 4.84. The minimum atomic E-state index is -0.488. The zero-order chi connectivity index (χ0) is 24.6. The third kappa shape index (κ3) is 7.64. The number of nitrogens with zero attached hydrogens (tertiary/aromatic N) is 1. The van der Waals surface area contributed by atoms with Crippen molar-refractivity contribution in [2.75, 3.05) is 38.6 Å². The summed E-state index contributed by atoms with van der Waals surface area (Å²) in [5, 5.41) is 6.00. The molecule has 1 heterocycles. The van der Waals surface area contributed by atoms with E-state index >= 15 is 0 Å². The van der Waals surface area contributed by atoms with E-state index < -0.39 is 5.97 Å². The number of quaternary nitrogens is 1. The standard InChI is InChI=1S/C27H35N3O4.BrH/c1-4-15-28-26(32)22-13-9-16-30(18-22,17-21-11-6-5-7-12-21)19-24(31)29-25-20(2)10-8-14-23(25)27(33)34-3;/h5-8,10-12,14,22H,4,9,13,15-19H2,1-3H3,(H-,28,29,31,32,33);1H. The van der Waals surface area contributed by atoms with Crippen LogP contribution in [-0.4, -0.2) is 55.6 Å². The minimum absolute atomic E-state index is 0. The van der Waals surface area contributed by atoms with E-state index in [0.717, 1.165) is 36.9 Å². The fourth-order valence-electron chi connectivity index (χ4n) is 4.84. The van der Waals surface area contributed by atoms with Gasteiger partial charge in [0.25, 0.3) is 5.91 Å². The third-order valence-electron chi connectivity index (χ3n) is 6.50. The van der Waals surface area contributed by atoms with Gasteiger partial charge in [0.15, 0.2) is 6.54 Å². The number of aryl methyl sites for hydroxylation is 1. The summed E-state index contributed by atoms with van der Waals surface area (Å²) in [6.45, 7) is 6.87. The van der Waals surface area contributed by atoms with Gasteiger partial charge in [-0.05, 0) is 37.8 Å². The maximum Gasteiger partial charge on any atom is 0.339 e. The second-order valence-electron chi connectivity index (χ2n) is 9.22. The van der Waals surface area contributed by atoms with Crippen LogP contribution in [0.2, 0.25) is 0 Å². The number of anilines is 1. The molecule has 35 heavy (non-hydrogen) atoms. The molecule has 3 rings (SSSR count). The highest BCUT2D eigenvalue weighted by Gasteiger charge is 2.40. The number of nitrogens with one attached hydrogen (secondary N) is 2. The molecule has 0 bridgehead atoms. The molecule has 7 nitrogen and oxygen atoms in total. The Labute approximate surface area is 218 Å². The lowest BCUT2D eigenvalue weighted by Gasteiger charge is -2.43. The lowest BCUT2D eigenvalue weighted by molar-refractivity contribution is -0.940. The van der Waals surface area contributed by atoms with E-state index in [4.69, 9.17) is 4.74 Å². The first-order chi connectivity index (χ1) is 16.4. The second-order valence-corrected chi connectivity index (χ2v) is 9.22. The molecule has 2 aromatic carbocycles. The van der Waals surface area contributed by atoms with Gasteiger partial charge in [0.05, 0.1) is 37.4 Å². The molecule has 2 unspecified atom stereocenters. The molecule has 0 radical (unpaired) electrons. The number of piperidine rings is 1. The van der Waals surface area contributed by atoms with Gasteiger partial charge in [-0.2, -0.15) is 0 Å². The van der Waals surface area contributed by atoms with Gasteiger partial charge >= 0.3 is 5.97 Å². The fraction of sp³-hybridized carbons (Fsp3) is 0.444. The number of carbonyl (C=O) groups excluding carboxylic acids is 3. The Balaban J connectivity index is 0.00000432. The Bertz CT molecular complexity index is 1010. The summed E-state index contributed by atoms with van der Waals surface area (Å²) in [6, 6.07) is 15.4. The predicted octanol–water partition coefficient (Wildman–Crippen LogP) is 0.677. The van der Waals surface area contributed by atoms with Crippen molar-refractivity contribution in [2.24, 2.45) is 5.92 Å². The van der Waals surface area contributed by atoms with E-state index in [-0.39, 0.29) is 41.3 Å². The van der Waals surface area contributed by atoms with E-state index in [1.54, 1.807) is 12.1 Å². The van der Waals surface area contributed by atoms with Crippen LogP contribution in [0.25, 0.3) is 0 Å². The number of amides is 2. The molecule has 2 N–H and O–H groups in total. The predicted molar refractivity (Wildman–Crippen MR) is 132 cm³/mol. The zero-order valence-corrected chi connectivity index (χ0v) is 22.4. The first-order valence-corrected chi connectivity index (χ1v) is 12.0. The van der Waals surface area contributed by atoms with Crippen molar-refractivity contribution < 1.29 is 40.6 Å². The van der Waals surface area contributed by atoms with Gasteiger partial charge in [-0.1, -0.05) is 49.4 Å². The lowest BCUT2D eigenvalue weighted by Crippen LogP contribution is -3.00. The molecule has 1 saturated heterocycles. The van der Waals surface area contributed by atoms with Gasteiger partial charge < -0.3 is 36.8 Å². The number of methoxy groups -OCH3 is 1. The maximum absolute atomic E-state index is 13.4. The van der Waals surface area contributed by atoms with Crippen LogP contribution in [0.5, 0.6) is 0 Å². The molecule has 1 aliphatic rings. The smallest absolute Gasteiger partial charge is 0.339 e. The minimum Gasteiger partial charge on any atom is -1.00 e. The number of esters is 1. The number of hydrogen-bond acceptors (Lipinski definition) is 4. The maximum atomic E-state index is 13.4. The van der Waals surface area contributed by atoms with Crippen LogP contribution in [0.4, 0.5) is 5.69 Å². The van der Waals surface area contributed by atoms with E-state index in [1.165, 1.54) is 7.11 Å². The number of para-hydroxylation sites is 1. The number of ether oxygens (including phenoxy) is 1. The Morgan fingerprint density at radius 3 is 2.51 bits per heavy atom. The van der Waals surface area contributed by atoms with E-state index in [1.807, 2.05) is 38.1 Å². The quantitative estimate of drug-likeness (QED) is 0.358. The first kappa shape index (κ1) is 28.5. The Kier molecular flexibility index (Phi) is 10.9. The number of hydrogen-bond donors (Lipinski definition) is 2. The van der Waals surface area contributed by atoms with Crippen LogP contribution in [-0.2, 0) is 20.9 Å². The summed E-state index contributed by atoms with van der Waals surface area (Å²) in [4.78, 5) is 38.4. The molecule has 0 spiro atoms. The molecule has 1 aliphatic heterocycles. The van der Waals surface area contributed by atoms with Crippen molar-refractivity contribution >= 4 is 23.5 Å². The molecule has 190 valence electrons. The summed E-state index contributed by atoms with van der Waals surface area (Å²) in [5.41, 5.74) is 2.74.